The molecule has 1 aromatic carbocycles. The number of benzene rings is 1. The Morgan fingerprint density at radius 1 is 1.37 bits per heavy atom. The third kappa shape index (κ3) is 4.48. The van der Waals surface area contributed by atoms with Crippen LogP contribution in [0.5, 0.6) is 0 Å². The number of halogens is 2. The zero-order valence-electron chi connectivity index (χ0n) is 10.9. The lowest BCUT2D eigenvalue weighted by Gasteiger charge is -2.22. The van der Waals surface area contributed by atoms with E-state index in [-0.39, 0.29) is 5.78 Å². The largest absolute Gasteiger partial charge is 0.316 e. The van der Waals surface area contributed by atoms with Crippen molar-refractivity contribution in [2.75, 3.05) is 13.1 Å². The summed E-state index contributed by atoms with van der Waals surface area (Å²) in [5.74, 6) is 0.891. The van der Waals surface area contributed by atoms with Gasteiger partial charge in [0.25, 0.3) is 0 Å². The van der Waals surface area contributed by atoms with Crippen LogP contribution in [-0.2, 0) is 11.2 Å². The van der Waals surface area contributed by atoms with Crippen LogP contribution in [0.4, 0.5) is 0 Å². The Bertz CT molecular complexity index is 442. The van der Waals surface area contributed by atoms with E-state index in [1.807, 2.05) is 12.1 Å². The molecule has 104 valence electrons. The Morgan fingerprint density at radius 2 is 2.21 bits per heavy atom. The van der Waals surface area contributed by atoms with Crippen molar-refractivity contribution in [2.45, 2.75) is 32.1 Å². The molecule has 0 radical (unpaired) electrons. The number of nitrogens with one attached hydrogen (secondary N) is 1. The molecule has 1 saturated heterocycles. The molecule has 1 fully saturated rings. The Morgan fingerprint density at radius 3 is 2.95 bits per heavy atom. The van der Waals surface area contributed by atoms with Crippen LogP contribution in [0.3, 0.4) is 0 Å². The van der Waals surface area contributed by atoms with E-state index in [9.17, 15) is 4.79 Å². The average Bonchev–Trinajstić information content (AvgIpc) is 2.43. The fourth-order valence-electron chi connectivity index (χ4n) is 2.52. The number of hydrogen-bond donors (Lipinski definition) is 1. The number of rotatable bonds is 5. The summed E-state index contributed by atoms with van der Waals surface area (Å²) in [5, 5.41) is 4.40. The molecule has 2 nitrogen and oxygen atoms in total. The molecule has 0 bridgehead atoms. The predicted octanol–water partition coefficient (Wildman–Crippen LogP) is 3.88. The molecular formula is C15H19Cl2NO. The Labute approximate surface area is 124 Å². The zero-order valence-corrected chi connectivity index (χ0v) is 12.4. The summed E-state index contributed by atoms with van der Waals surface area (Å²) in [6.07, 6.45) is 4.45. The van der Waals surface area contributed by atoms with Crippen molar-refractivity contribution in [1.29, 1.82) is 0 Å². The average molecular weight is 300 g/mol. The summed E-state index contributed by atoms with van der Waals surface area (Å²) in [7, 11) is 0. The maximum atomic E-state index is 12.0. The molecule has 1 N–H and O–H groups in total. The maximum Gasteiger partial charge on any atom is 0.137 e. The Hall–Kier alpha value is -0.570. The highest BCUT2D eigenvalue weighted by Gasteiger charge is 2.15. The van der Waals surface area contributed by atoms with Gasteiger partial charge in [-0.15, -0.1) is 0 Å². The molecule has 1 aromatic rings. The van der Waals surface area contributed by atoms with E-state index in [2.05, 4.69) is 5.32 Å². The molecule has 1 aliphatic heterocycles. The lowest BCUT2D eigenvalue weighted by molar-refractivity contribution is -0.118. The predicted molar refractivity (Wildman–Crippen MR) is 80.0 cm³/mol. The highest BCUT2D eigenvalue weighted by Crippen LogP contribution is 2.26. The second-order valence-corrected chi connectivity index (χ2v) is 5.96. The summed E-state index contributed by atoms with van der Waals surface area (Å²) in [4.78, 5) is 12.0. The van der Waals surface area contributed by atoms with Gasteiger partial charge in [0, 0.05) is 12.8 Å². The van der Waals surface area contributed by atoms with Crippen LogP contribution in [0.2, 0.25) is 10.0 Å². The van der Waals surface area contributed by atoms with Crippen molar-refractivity contribution < 1.29 is 4.79 Å². The molecular weight excluding hydrogens is 281 g/mol. The monoisotopic (exact) mass is 299 g/mol. The van der Waals surface area contributed by atoms with Crippen molar-refractivity contribution in [2.24, 2.45) is 5.92 Å². The molecule has 0 aromatic heterocycles. The summed E-state index contributed by atoms with van der Waals surface area (Å²) in [5.41, 5.74) is 0.834. The van der Waals surface area contributed by atoms with Crippen LogP contribution < -0.4 is 5.32 Å². The minimum absolute atomic E-state index is 0.245. The molecule has 1 atom stereocenters. The third-order valence-electron chi connectivity index (χ3n) is 3.65. The van der Waals surface area contributed by atoms with Gasteiger partial charge in [0.1, 0.15) is 5.78 Å². The molecule has 1 aliphatic rings. The lowest BCUT2D eigenvalue weighted by atomic mass is 9.92. The van der Waals surface area contributed by atoms with E-state index >= 15 is 0 Å². The quantitative estimate of drug-likeness (QED) is 0.894. The van der Waals surface area contributed by atoms with E-state index < -0.39 is 0 Å². The van der Waals surface area contributed by atoms with E-state index in [0.29, 0.717) is 28.8 Å². The van der Waals surface area contributed by atoms with Gasteiger partial charge in [-0.05, 0) is 49.9 Å². The summed E-state index contributed by atoms with van der Waals surface area (Å²) < 4.78 is 0. The first-order chi connectivity index (χ1) is 9.16. The van der Waals surface area contributed by atoms with Crippen LogP contribution in [0.15, 0.2) is 18.2 Å². The molecule has 1 heterocycles. The number of piperidine rings is 1. The Kier molecular flexibility index (Phi) is 5.68. The molecule has 1 unspecified atom stereocenters. The molecule has 0 aliphatic carbocycles. The van der Waals surface area contributed by atoms with E-state index in [1.54, 1.807) is 6.07 Å². The van der Waals surface area contributed by atoms with Crippen molar-refractivity contribution >= 4 is 29.0 Å². The SMILES string of the molecule is O=C(CCC1CCCNC1)Cc1cccc(Cl)c1Cl. The standard InChI is InChI=1S/C15H19Cl2NO/c16-14-5-1-4-12(15(14)17)9-13(19)7-6-11-3-2-8-18-10-11/h1,4-5,11,18H,2-3,6-10H2. The van der Waals surface area contributed by atoms with Gasteiger partial charge in [-0.2, -0.15) is 0 Å². The molecule has 19 heavy (non-hydrogen) atoms. The normalized spacial score (nSPS) is 19.4. The number of Topliss-reactive ketones (excluding diaryl/α,β-unsaturated/α-hetero) is 1. The first-order valence-electron chi connectivity index (χ1n) is 6.82. The number of carbonyl (C=O) groups is 1. The van der Waals surface area contributed by atoms with E-state index in [4.69, 9.17) is 23.2 Å². The van der Waals surface area contributed by atoms with Crippen molar-refractivity contribution in [1.82, 2.24) is 5.32 Å². The number of ketones is 1. The van der Waals surface area contributed by atoms with Gasteiger partial charge >= 0.3 is 0 Å². The van der Waals surface area contributed by atoms with Gasteiger partial charge in [-0.3, -0.25) is 4.79 Å². The minimum Gasteiger partial charge on any atom is -0.316 e. The molecule has 0 amide bonds. The van der Waals surface area contributed by atoms with Gasteiger partial charge in [-0.25, -0.2) is 0 Å². The van der Waals surface area contributed by atoms with Crippen LogP contribution in [0.25, 0.3) is 0 Å². The van der Waals surface area contributed by atoms with Crippen molar-refractivity contribution in [3.63, 3.8) is 0 Å². The molecule has 0 spiro atoms. The van der Waals surface area contributed by atoms with Crippen LogP contribution in [-0.4, -0.2) is 18.9 Å². The maximum absolute atomic E-state index is 12.0. The highest BCUT2D eigenvalue weighted by molar-refractivity contribution is 6.42. The van der Waals surface area contributed by atoms with Gasteiger partial charge < -0.3 is 5.32 Å². The van der Waals surface area contributed by atoms with Crippen molar-refractivity contribution in [3.05, 3.63) is 33.8 Å². The van der Waals surface area contributed by atoms with Crippen LogP contribution >= 0.6 is 23.2 Å². The second-order valence-electron chi connectivity index (χ2n) is 5.18. The topological polar surface area (TPSA) is 29.1 Å². The van der Waals surface area contributed by atoms with Gasteiger partial charge in [0.05, 0.1) is 10.0 Å². The highest BCUT2D eigenvalue weighted by atomic mass is 35.5. The fourth-order valence-corrected chi connectivity index (χ4v) is 2.91. The van der Waals surface area contributed by atoms with E-state index in [1.165, 1.54) is 12.8 Å². The van der Waals surface area contributed by atoms with Gasteiger partial charge in [0.15, 0.2) is 0 Å². The van der Waals surface area contributed by atoms with Crippen LogP contribution in [0, 0.1) is 5.92 Å². The smallest absolute Gasteiger partial charge is 0.137 e. The van der Waals surface area contributed by atoms with Crippen molar-refractivity contribution in [3.8, 4) is 0 Å². The van der Waals surface area contributed by atoms with Gasteiger partial charge in [0.2, 0.25) is 0 Å². The second kappa shape index (κ2) is 7.28. The summed E-state index contributed by atoms with van der Waals surface area (Å²) in [6, 6.07) is 5.45. The Balaban J connectivity index is 1.82. The van der Waals surface area contributed by atoms with Crippen LogP contribution in [0.1, 0.15) is 31.2 Å². The molecule has 0 saturated carbocycles. The lowest BCUT2D eigenvalue weighted by Crippen LogP contribution is -2.30. The zero-order chi connectivity index (χ0) is 13.7. The number of hydrogen-bond acceptors (Lipinski definition) is 2. The van der Waals surface area contributed by atoms with E-state index in [0.717, 1.165) is 25.1 Å². The summed E-state index contributed by atoms with van der Waals surface area (Å²) >= 11 is 12.0. The minimum atomic E-state index is 0.245. The first-order valence-corrected chi connectivity index (χ1v) is 7.57. The molecule has 2 rings (SSSR count). The first kappa shape index (κ1) is 14.8. The number of carbonyl (C=O) groups excluding carboxylic acids is 1. The summed E-state index contributed by atoms with van der Waals surface area (Å²) in [6.45, 7) is 2.16. The van der Waals surface area contributed by atoms with Gasteiger partial charge in [-0.1, -0.05) is 35.3 Å². The fraction of sp³-hybridized carbons (Fsp3) is 0.533. The third-order valence-corrected chi connectivity index (χ3v) is 4.51. The molecule has 4 heteroatoms.